The highest BCUT2D eigenvalue weighted by atomic mass is 16.5. The Morgan fingerprint density at radius 2 is 2.00 bits per heavy atom. The maximum atomic E-state index is 11.8. The summed E-state index contributed by atoms with van der Waals surface area (Å²) in [6, 6.07) is 0. The minimum atomic E-state index is -0.597. The summed E-state index contributed by atoms with van der Waals surface area (Å²) < 4.78 is 15.8. The molecule has 0 saturated carbocycles. The summed E-state index contributed by atoms with van der Waals surface area (Å²) in [6.07, 6.45) is 2.71. The Morgan fingerprint density at radius 3 is 2.55 bits per heavy atom. The Labute approximate surface area is 123 Å². The van der Waals surface area contributed by atoms with Crippen molar-refractivity contribution in [3.8, 4) is 0 Å². The average Bonchev–Trinajstić information content (AvgIpc) is 2.44. The van der Waals surface area contributed by atoms with Gasteiger partial charge in [0.2, 0.25) is 0 Å². The maximum Gasteiger partial charge on any atom is 0.325 e. The number of unbranched alkanes of at least 4 members (excludes halogenated alkanes) is 1. The highest BCUT2D eigenvalue weighted by Crippen LogP contribution is 2.16. The van der Waals surface area contributed by atoms with E-state index < -0.39 is 5.54 Å². The molecule has 0 aromatic rings. The molecule has 0 rings (SSSR count). The Bertz CT molecular complexity index is 260. The van der Waals surface area contributed by atoms with Crippen molar-refractivity contribution in [2.45, 2.75) is 58.6 Å². The van der Waals surface area contributed by atoms with Gasteiger partial charge in [0, 0.05) is 13.2 Å². The van der Waals surface area contributed by atoms with Crippen LogP contribution in [0, 0.1) is 0 Å². The lowest BCUT2D eigenvalue weighted by Crippen LogP contribution is -2.50. The summed E-state index contributed by atoms with van der Waals surface area (Å²) in [5, 5.41) is 3.20. The highest BCUT2D eigenvalue weighted by molar-refractivity contribution is 5.80. The van der Waals surface area contributed by atoms with Gasteiger partial charge in [-0.05, 0) is 46.6 Å². The van der Waals surface area contributed by atoms with Gasteiger partial charge in [-0.2, -0.15) is 0 Å². The third-order valence-corrected chi connectivity index (χ3v) is 3.23. The fraction of sp³-hybridized carbons (Fsp3) is 0.933. The number of likely N-dealkylation sites (N-methyl/N-ethyl adjacent to an activating group) is 1. The Hall–Kier alpha value is -0.650. The van der Waals surface area contributed by atoms with E-state index in [-0.39, 0.29) is 12.1 Å². The average molecular weight is 289 g/mol. The number of ether oxygens (including phenoxy) is 3. The third-order valence-electron chi connectivity index (χ3n) is 3.23. The standard InChI is InChI=1S/C15H31NO4/c1-6-16-15(4,14(17)18-5)10-8-9-11-20-13(3)12-19-7-2/h13,16H,6-12H2,1-5H3. The molecule has 0 saturated heterocycles. The predicted octanol–water partition coefficient (Wildman–Crippen LogP) is 2.14. The molecule has 5 nitrogen and oxygen atoms in total. The predicted molar refractivity (Wildman–Crippen MR) is 79.9 cm³/mol. The molecule has 0 aliphatic rings. The van der Waals surface area contributed by atoms with Gasteiger partial charge in [-0.15, -0.1) is 0 Å². The Morgan fingerprint density at radius 1 is 1.30 bits per heavy atom. The van der Waals surface area contributed by atoms with E-state index in [1.807, 2.05) is 27.7 Å². The SMILES string of the molecule is CCNC(C)(CCCCOC(C)COCC)C(=O)OC. The number of esters is 1. The van der Waals surface area contributed by atoms with E-state index in [1.165, 1.54) is 7.11 Å². The van der Waals surface area contributed by atoms with Gasteiger partial charge in [-0.3, -0.25) is 4.79 Å². The lowest BCUT2D eigenvalue weighted by atomic mass is 9.95. The lowest BCUT2D eigenvalue weighted by Gasteiger charge is -2.27. The van der Waals surface area contributed by atoms with Crippen molar-refractivity contribution < 1.29 is 19.0 Å². The first kappa shape index (κ1) is 19.4. The highest BCUT2D eigenvalue weighted by Gasteiger charge is 2.32. The van der Waals surface area contributed by atoms with E-state index in [1.54, 1.807) is 0 Å². The second-order valence-corrected chi connectivity index (χ2v) is 5.15. The van der Waals surface area contributed by atoms with Crippen LogP contribution in [0.5, 0.6) is 0 Å². The molecule has 0 bridgehead atoms. The van der Waals surface area contributed by atoms with E-state index in [0.29, 0.717) is 19.8 Å². The number of methoxy groups -OCH3 is 1. The monoisotopic (exact) mass is 289 g/mol. The molecule has 0 radical (unpaired) electrons. The van der Waals surface area contributed by atoms with Crippen molar-refractivity contribution >= 4 is 5.97 Å². The van der Waals surface area contributed by atoms with Gasteiger partial charge in [0.1, 0.15) is 5.54 Å². The topological polar surface area (TPSA) is 56.8 Å². The number of carbonyl (C=O) groups excluding carboxylic acids is 1. The van der Waals surface area contributed by atoms with Gasteiger partial charge in [0.05, 0.1) is 19.8 Å². The number of nitrogens with one attached hydrogen (secondary N) is 1. The minimum Gasteiger partial charge on any atom is -0.468 e. The molecule has 0 heterocycles. The van der Waals surface area contributed by atoms with Gasteiger partial charge in [0.25, 0.3) is 0 Å². The van der Waals surface area contributed by atoms with Crippen molar-refractivity contribution in [2.24, 2.45) is 0 Å². The second-order valence-electron chi connectivity index (χ2n) is 5.15. The molecule has 1 N–H and O–H groups in total. The zero-order valence-electron chi connectivity index (χ0n) is 13.7. The largest absolute Gasteiger partial charge is 0.468 e. The summed E-state index contributed by atoms with van der Waals surface area (Å²) in [4.78, 5) is 11.8. The second kappa shape index (κ2) is 11.1. The first-order valence-corrected chi connectivity index (χ1v) is 7.53. The van der Waals surface area contributed by atoms with Crippen LogP contribution in [0.3, 0.4) is 0 Å². The number of hydrogen-bond acceptors (Lipinski definition) is 5. The number of hydrogen-bond donors (Lipinski definition) is 1. The van der Waals surface area contributed by atoms with Crippen LogP contribution < -0.4 is 5.32 Å². The van der Waals surface area contributed by atoms with Crippen molar-refractivity contribution in [1.82, 2.24) is 5.32 Å². The molecular formula is C15H31NO4. The van der Waals surface area contributed by atoms with Gasteiger partial charge in [0.15, 0.2) is 0 Å². The normalized spacial score (nSPS) is 15.7. The zero-order valence-corrected chi connectivity index (χ0v) is 13.7. The molecule has 0 aliphatic carbocycles. The molecule has 0 spiro atoms. The fourth-order valence-corrected chi connectivity index (χ4v) is 2.08. The molecule has 0 aliphatic heterocycles. The molecule has 5 heteroatoms. The lowest BCUT2D eigenvalue weighted by molar-refractivity contribution is -0.148. The van der Waals surface area contributed by atoms with E-state index >= 15 is 0 Å². The molecule has 0 amide bonds. The minimum absolute atomic E-state index is 0.121. The van der Waals surface area contributed by atoms with Gasteiger partial charge in [-0.1, -0.05) is 6.92 Å². The molecule has 0 aromatic heterocycles. The van der Waals surface area contributed by atoms with Gasteiger partial charge >= 0.3 is 5.97 Å². The van der Waals surface area contributed by atoms with Crippen LogP contribution in [0.2, 0.25) is 0 Å². The molecule has 0 aromatic carbocycles. The summed E-state index contributed by atoms with van der Waals surface area (Å²) in [7, 11) is 1.43. The van der Waals surface area contributed by atoms with E-state index in [0.717, 1.165) is 25.8 Å². The summed E-state index contributed by atoms with van der Waals surface area (Å²) in [5.41, 5.74) is -0.597. The fourth-order valence-electron chi connectivity index (χ4n) is 2.08. The van der Waals surface area contributed by atoms with Crippen molar-refractivity contribution in [1.29, 1.82) is 0 Å². The quantitative estimate of drug-likeness (QED) is 0.440. The van der Waals surface area contributed by atoms with Crippen LogP contribution in [0.15, 0.2) is 0 Å². The first-order chi connectivity index (χ1) is 9.50. The Balaban J connectivity index is 3.87. The van der Waals surface area contributed by atoms with Crippen LogP contribution in [-0.4, -0.2) is 51.1 Å². The summed E-state index contributed by atoms with van der Waals surface area (Å²) in [5.74, 6) is -0.204. The van der Waals surface area contributed by atoms with E-state index in [2.05, 4.69) is 5.32 Å². The molecule has 120 valence electrons. The third kappa shape index (κ3) is 7.82. The smallest absolute Gasteiger partial charge is 0.325 e. The maximum absolute atomic E-state index is 11.8. The van der Waals surface area contributed by atoms with Crippen LogP contribution in [0.25, 0.3) is 0 Å². The van der Waals surface area contributed by atoms with Crippen LogP contribution in [0.1, 0.15) is 47.0 Å². The molecule has 2 atom stereocenters. The van der Waals surface area contributed by atoms with Crippen molar-refractivity contribution in [3.05, 3.63) is 0 Å². The van der Waals surface area contributed by atoms with Crippen molar-refractivity contribution in [3.63, 3.8) is 0 Å². The summed E-state index contributed by atoms with van der Waals surface area (Å²) in [6.45, 7) is 10.6. The van der Waals surface area contributed by atoms with Gasteiger partial charge < -0.3 is 19.5 Å². The number of carbonyl (C=O) groups is 1. The zero-order chi connectivity index (χ0) is 15.4. The summed E-state index contributed by atoms with van der Waals surface area (Å²) >= 11 is 0. The van der Waals surface area contributed by atoms with Gasteiger partial charge in [-0.25, -0.2) is 0 Å². The van der Waals surface area contributed by atoms with Crippen molar-refractivity contribution in [2.75, 3.05) is 33.5 Å². The molecule has 20 heavy (non-hydrogen) atoms. The van der Waals surface area contributed by atoms with Crippen LogP contribution in [-0.2, 0) is 19.0 Å². The first-order valence-electron chi connectivity index (χ1n) is 7.53. The van der Waals surface area contributed by atoms with Crippen LogP contribution >= 0.6 is 0 Å². The number of rotatable bonds is 12. The molecular weight excluding hydrogens is 258 g/mol. The van der Waals surface area contributed by atoms with Crippen LogP contribution in [0.4, 0.5) is 0 Å². The molecule has 0 fully saturated rings. The molecule has 2 unspecified atom stereocenters. The van der Waals surface area contributed by atoms with E-state index in [9.17, 15) is 4.79 Å². The van der Waals surface area contributed by atoms with E-state index in [4.69, 9.17) is 14.2 Å². The Kier molecular flexibility index (Phi) is 10.7.